The maximum absolute atomic E-state index is 4.50. The normalized spacial score (nSPS) is 14.4. The molecular formula is C14H10N3S. The van der Waals surface area contributed by atoms with Crippen LogP contribution in [-0.4, -0.2) is 11.7 Å². The van der Waals surface area contributed by atoms with Crippen LogP contribution in [0, 0.1) is 0 Å². The molecule has 1 aliphatic heterocycles. The van der Waals surface area contributed by atoms with Crippen LogP contribution in [0.3, 0.4) is 0 Å². The van der Waals surface area contributed by atoms with Crippen molar-refractivity contribution in [2.75, 3.05) is 0 Å². The van der Waals surface area contributed by atoms with Crippen molar-refractivity contribution in [3.8, 4) is 0 Å². The predicted octanol–water partition coefficient (Wildman–Crippen LogP) is 3.06. The summed E-state index contributed by atoms with van der Waals surface area (Å²) in [4.78, 5) is 4.50. The molecule has 2 aromatic carbocycles. The molecule has 4 heteroatoms. The van der Waals surface area contributed by atoms with E-state index in [9.17, 15) is 0 Å². The molecule has 0 N–H and O–H groups in total. The topological polar surface area (TPSA) is 38.8 Å². The van der Waals surface area contributed by atoms with Gasteiger partial charge in [-0.15, -0.1) is 0 Å². The van der Waals surface area contributed by atoms with Crippen molar-refractivity contribution in [1.29, 1.82) is 0 Å². The van der Waals surface area contributed by atoms with E-state index in [4.69, 9.17) is 0 Å². The van der Waals surface area contributed by atoms with Gasteiger partial charge in [0.25, 0.3) is 0 Å². The third kappa shape index (κ3) is 2.28. The van der Waals surface area contributed by atoms with Crippen molar-refractivity contribution in [2.45, 2.75) is 0 Å². The first-order chi connectivity index (χ1) is 8.93. The van der Waals surface area contributed by atoms with Crippen LogP contribution in [-0.2, 0) is 0 Å². The fraction of sp³-hybridized carbons (Fsp3) is 0. The van der Waals surface area contributed by atoms with Gasteiger partial charge in [0, 0.05) is 11.1 Å². The lowest BCUT2D eigenvalue weighted by Crippen LogP contribution is -2.17. The van der Waals surface area contributed by atoms with Gasteiger partial charge in [-0.25, -0.2) is 4.99 Å². The van der Waals surface area contributed by atoms with E-state index in [2.05, 4.69) is 14.1 Å². The molecule has 18 heavy (non-hydrogen) atoms. The average Bonchev–Trinajstić information content (AvgIpc) is 2.49. The third-order valence-corrected chi connectivity index (χ3v) is 3.04. The molecule has 0 bridgehead atoms. The minimum atomic E-state index is 0.717. The van der Waals surface area contributed by atoms with Gasteiger partial charge in [-0.1, -0.05) is 60.7 Å². The molecule has 0 fully saturated rings. The lowest BCUT2D eigenvalue weighted by molar-refractivity contribution is 1.37. The molecule has 1 heterocycles. The Bertz CT molecular complexity index is 591. The van der Waals surface area contributed by atoms with Gasteiger partial charge in [0.1, 0.15) is 12.1 Å². The van der Waals surface area contributed by atoms with Crippen LogP contribution in [0.1, 0.15) is 11.1 Å². The molecule has 0 amide bonds. The average molecular weight is 252 g/mol. The minimum Gasteiger partial charge on any atom is -0.207 e. The highest BCUT2D eigenvalue weighted by molar-refractivity contribution is 7.96. The summed E-state index contributed by atoms with van der Waals surface area (Å²) in [5.41, 5.74) is 2.02. The van der Waals surface area contributed by atoms with Gasteiger partial charge in [0.15, 0.2) is 11.7 Å². The maximum atomic E-state index is 4.50. The molecule has 0 aromatic heterocycles. The lowest BCUT2D eigenvalue weighted by Gasteiger charge is -2.10. The molecule has 0 saturated heterocycles. The molecule has 87 valence electrons. The molecule has 3 rings (SSSR count). The molecule has 0 aliphatic carbocycles. The Kier molecular flexibility index (Phi) is 3.10. The second-order valence-corrected chi connectivity index (χ2v) is 4.28. The van der Waals surface area contributed by atoms with Crippen LogP contribution >= 0.6 is 12.1 Å². The van der Waals surface area contributed by atoms with Gasteiger partial charge >= 0.3 is 0 Å². The minimum absolute atomic E-state index is 0.717. The molecule has 1 radical (unpaired) electrons. The van der Waals surface area contributed by atoms with Crippen LogP contribution in [0.15, 0.2) is 70.1 Å². The second-order valence-electron chi connectivity index (χ2n) is 3.76. The zero-order valence-electron chi connectivity index (χ0n) is 9.52. The van der Waals surface area contributed by atoms with E-state index in [0.29, 0.717) is 0 Å². The smallest absolute Gasteiger partial charge is 0.171 e. The second kappa shape index (κ2) is 5.06. The number of aliphatic imine (C=N–C) groups is 1. The summed E-state index contributed by atoms with van der Waals surface area (Å²) >= 11 is 1.18. The summed E-state index contributed by atoms with van der Waals surface area (Å²) in [6, 6.07) is 19.9. The first kappa shape index (κ1) is 11.0. The Morgan fingerprint density at radius 1 is 0.667 bits per heavy atom. The fourth-order valence-electron chi connectivity index (χ4n) is 1.65. The number of nitrogens with zero attached hydrogens (tertiary/aromatic N) is 3. The summed E-state index contributed by atoms with van der Waals surface area (Å²) in [6.07, 6.45) is 0. The van der Waals surface area contributed by atoms with Gasteiger partial charge in [-0.2, -0.15) is 9.12 Å². The molecule has 1 aliphatic rings. The van der Waals surface area contributed by atoms with Crippen LogP contribution in [0.25, 0.3) is 0 Å². The molecule has 0 spiro atoms. The Morgan fingerprint density at radius 2 is 1.22 bits per heavy atom. The predicted molar refractivity (Wildman–Crippen MR) is 75.7 cm³/mol. The van der Waals surface area contributed by atoms with Crippen molar-refractivity contribution in [2.24, 2.45) is 9.39 Å². The van der Waals surface area contributed by atoms with Crippen molar-refractivity contribution in [3.63, 3.8) is 0 Å². The highest BCUT2D eigenvalue weighted by Crippen LogP contribution is 2.16. The summed E-state index contributed by atoms with van der Waals surface area (Å²) in [6.45, 7) is 0. The van der Waals surface area contributed by atoms with Gasteiger partial charge < -0.3 is 0 Å². The van der Waals surface area contributed by atoms with Crippen molar-refractivity contribution < 1.29 is 0 Å². The van der Waals surface area contributed by atoms with Crippen molar-refractivity contribution in [3.05, 3.63) is 71.8 Å². The van der Waals surface area contributed by atoms with Crippen LogP contribution in [0.2, 0.25) is 0 Å². The maximum Gasteiger partial charge on any atom is 0.171 e. The van der Waals surface area contributed by atoms with E-state index >= 15 is 0 Å². The Morgan fingerprint density at radius 3 is 1.83 bits per heavy atom. The summed E-state index contributed by atoms with van der Waals surface area (Å²) < 4.78 is 8.51. The van der Waals surface area contributed by atoms with Crippen molar-refractivity contribution >= 4 is 23.8 Å². The first-order valence-corrected chi connectivity index (χ1v) is 6.31. The number of benzene rings is 2. The Labute approximate surface area is 110 Å². The van der Waals surface area contributed by atoms with Crippen molar-refractivity contribution in [1.82, 2.24) is 4.72 Å². The monoisotopic (exact) mass is 252 g/mol. The van der Waals surface area contributed by atoms with Gasteiger partial charge in [0.2, 0.25) is 0 Å². The molecule has 0 unspecified atom stereocenters. The SMILES string of the molecule is c1ccc(C2=NC(c3ccccc3)=NS[N]2)cc1. The largest absolute Gasteiger partial charge is 0.207 e. The summed E-state index contributed by atoms with van der Waals surface area (Å²) in [7, 11) is 0. The highest BCUT2D eigenvalue weighted by Gasteiger charge is 2.13. The van der Waals surface area contributed by atoms with Crippen LogP contribution in [0.4, 0.5) is 0 Å². The lowest BCUT2D eigenvalue weighted by atomic mass is 10.2. The zero-order chi connectivity index (χ0) is 12.2. The summed E-state index contributed by atoms with van der Waals surface area (Å²) in [5, 5.41) is 0. The fourth-order valence-corrected chi connectivity index (χ4v) is 2.14. The van der Waals surface area contributed by atoms with E-state index < -0.39 is 0 Å². The van der Waals surface area contributed by atoms with E-state index in [0.717, 1.165) is 22.8 Å². The van der Waals surface area contributed by atoms with E-state index in [1.165, 1.54) is 12.1 Å². The molecule has 0 saturated carbocycles. The van der Waals surface area contributed by atoms with Crippen LogP contribution < -0.4 is 4.72 Å². The van der Waals surface area contributed by atoms with Gasteiger partial charge in [0.05, 0.1) is 0 Å². The molecule has 0 atom stereocenters. The van der Waals surface area contributed by atoms with Gasteiger partial charge in [-0.05, 0) is 0 Å². The van der Waals surface area contributed by atoms with E-state index in [-0.39, 0.29) is 0 Å². The Hall–Kier alpha value is -2.07. The molecule has 3 nitrogen and oxygen atoms in total. The zero-order valence-corrected chi connectivity index (χ0v) is 10.3. The number of rotatable bonds is 2. The molecule has 2 aromatic rings. The third-order valence-electron chi connectivity index (χ3n) is 2.53. The quantitative estimate of drug-likeness (QED) is 0.757. The van der Waals surface area contributed by atoms with Gasteiger partial charge in [-0.3, -0.25) is 0 Å². The number of amidine groups is 2. The molecular weight excluding hydrogens is 242 g/mol. The summed E-state index contributed by atoms with van der Waals surface area (Å²) in [5.74, 6) is 1.43. The highest BCUT2D eigenvalue weighted by atomic mass is 32.2. The van der Waals surface area contributed by atoms with Crippen LogP contribution in [0.5, 0.6) is 0 Å². The van der Waals surface area contributed by atoms with E-state index in [1.54, 1.807) is 0 Å². The number of hydrogen-bond donors (Lipinski definition) is 0. The first-order valence-electron chi connectivity index (χ1n) is 5.58. The standard InChI is InChI=1S/C14H10N3S/c1-3-7-11(8-4-1)13-15-14(17-18-16-13)12-9-5-2-6-10-12/h1-10H. The Balaban J connectivity index is 1.95. The number of hydrogen-bond acceptors (Lipinski definition) is 3. The van der Waals surface area contributed by atoms with E-state index in [1.807, 2.05) is 60.7 Å².